The summed E-state index contributed by atoms with van der Waals surface area (Å²) in [6.45, 7) is 1.45. The predicted molar refractivity (Wildman–Crippen MR) is 121 cm³/mol. The van der Waals surface area contributed by atoms with Gasteiger partial charge in [-0.3, -0.25) is 14.2 Å². The smallest absolute Gasteiger partial charge is 0.336 e. The molecule has 2 heterocycles. The van der Waals surface area contributed by atoms with Crippen molar-refractivity contribution in [3.8, 4) is 5.69 Å². The Labute approximate surface area is 178 Å². The third-order valence-corrected chi connectivity index (χ3v) is 5.68. The molecule has 31 heavy (non-hydrogen) atoms. The van der Waals surface area contributed by atoms with Gasteiger partial charge in [-0.15, -0.1) is 0 Å². The van der Waals surface area contributed by atoms with Gasteiger partial charge in [0, 0.05) is 24.1 Å². The number of carbonyl (C=O) groups is 1. The van der Waals surface area contributed by atoms with Gasteiger partial charge in [-0.25, -0.2) is 9.36 Å². The predicted octanol–water partition coefficient (Wildman–Crippen LogP) is 3.46. The summed E-state index contributed by atoms with van der Waals surface area (Å²) in [6.07, 6.45) is 5.86. The summed E-state index contributed by atoms with van der Waals surface area (Å²) in [5.74, 6) is -1.23. The molecule has 2 aromatic heterocycles. The number of carboxylic acids is 1. The van der Waals surface area contributed by atoms with Gasteiger partial charge in [0.1, 0.15) is 6.54 Å². The summed E-state index contributed by atoms with van der Waals surface area (Å²) in [7, 11) is 1.89. The van der Waals surface area contributed by atoms with Crippen LogP contribution in [-0.2, 0) is 24.8 Å². The lowest BCUT2D eigenvalue weighted by Crippen LogP contribution is -2.41. The molecule has 0 radical (unpaired) electrons. The second kappa shape index (κ2) is 8.26. The van der Waals surface area contributed by atoms with Gasteiger partial charge in [0.15, 0.2) is 0 Å². The van der Waals surface area contributed by atoms with Gasteiger partial charge in [-0.05, 0) is 36.6 Å². The third kappa shape index (κ3) is 3.67. The highest BCUT2D eigenvalue weighted by molar-refractivity contribution is 5.91. The molecule has 4 aromatic rings. The standard InChI is InChI=1S/C24H25N3O4/c1-3-4-5-8-16-11-12-20-18(13-16)23(30)26(15-22(28)29)24(31)27(20)21-14-25(2)19-10-7-6-9-17(19)21/h6-7,9-14H,3-5,8,15H2,1-2H3,(H,28,29). The van der Waals surface area contributed by atoms with Gasteiger partial charge in [-0.2, -0.15) is 0 Å². The molecule has 0 amide bonds. The molecule has 0 bridgehead atoms. The summed E-state index contributed by atoms with van der Waals surface area (Å²) in [5.41, 5.74) is 1.80. The number of benzene rings is 2. The number of hydrogen-bond acceptors (Lipinski definition) is 3. The molecular formula is C24H25N3O4. The van der Waals surface area contributed by atoms with Crippen molar-refractivity contribution in [3.63, 3.8) is 0 Å². The highest BCUT2D eigenvalue weighted by atomic mass is 16.4. The lowest BCUT2D eigenvalue weighted by Gasteiger charge is -2.14. The van der Waals surface area contributed by atoms with Gasteiger partial charge in [0.25, 0.3) is 5.56 Å². The molecule has 0 aliphatic carbocycles. The first-order valence-electron chi connectivity index (χ1n) is 10.5. The van der Waals surface area contributed by atoms with Crippen molar-refractivity contribution in [3.05, 3.63) is 75.1 Å². The number of para-hydroxylation sites is 1. The molecule has 0 spiro atoms. The average Bonchev–Trinajstić information content (AvgIpc) is 3.08. The van der Waals surface area contributed by atoms with Gasteiger partial charge >= 0.3 is 11.7 Å². The minimum atomic E-state index is -1.23. The minimum Gasteiger partial charge on any atom is -0.480 e. The van der Waals surface area contributed by atoms with E-state index in [1.807, 2.05) is 48.1 Å². The Hall–Kier alpha value is -3.61. The molecule has 7 nitrogen and oxygen atoms in total. The van der Waals surface area contributed by atoms with Crippen molar-refractivity contribution in [2.75, 3.05) is 0 Å². The van der Waals surface area contributed by atoms with Crippen molar-refractivity contribution in [2.24, 2.45) is 7.05 Å². The van der Waals surface area contributed by atoms with Crippen LogP contribution in [0.25, 0.3) is 27.5 Å². The monoisotopic (exact) mass is 419 g/mol. The highest BCUT2D eigenvalue weighted by Gasteiger charge is 2.19. The molecule has 0 saturated heterocycles. The van der Waals surface area contributed by atoms with E-state index in [-0.39, 0.29) is 0 Å². The molecule has 1 N–H and O–H groups in total. The van der Waals surface area contributed by atoms with E-state index < -0.39 is 23.8 Å². The van der Waals surface area contributed by atoms with E-state index in [9.17, 15) is 19.5 Å². The maximum Gasteiger partial charge on any atom is 0.336 e. The van der Waals surface area contributed by atoms with E-state index in [1.165, 1.54) is 4.57 Å². The van der Waals surface area contributed by atoms with E-state index in [1.54, 1.807) is 12.1 Å². The van der Waals surface area contributed by atoms with E-state index in [2.05, 4.69) is 6.92 Å². The zero-order chi connectivity index (χ0) is 22.1. The number of aromatic nitrogens is 3. The van der Waals surface area contributed by atoms with E-state index in [0.29, 0.717) is 16.6 Å². The fraction of sp³-hybridized carbons (Fsp3) is 0.292. The van der Waals surface area contributed by atoms with Gasteiger partial charge in [-0.1, -0.05) is 44.0 Å². The topological polar surface area (TPSA) is 86.2 Å². The Bertz CT molecular complexity index is 1410. The number of rotatable bonds is 7. The Balaban J connectivity index is 2.04. The zero-order valence-corrected chi connectivity index (χ0v) is 17.7. The maximum atomic E-state index is 13.3. The van der Waals surface area contributed by atoms with Crippen LogP contribution in [0.3, 0.4) is 0 Å². The minimum absolute atomic E-state index is 0.350. The first kappa shape index (κ1) is 20.7. The van der Waals surface area contributed by atoms with Gasteiger partial charge in [0.2, 0.25) is 0 Å². The second-order valence-corrected chi connectivity index (χ2v) is 7.85. The Morgan fingerprint density at radius 3 is 2.52 bits per heavy atom. The molecule has 2 aromatic carbocycles. The van der Waals surface area contributed by atoms with Crippen molar-refractivity contribution < 1.29 is 9.90 Å². The SMILES string of the molecule is CCCCCc1ccc2c(c1)c(=O)n(CC(=O)O)c(=O)n2-c1cn(C)c2ccccc12. The molecule has 160 valence electrons. The van der Waals surface area contributed by atoms with Crippen molar-refractivity contribution >= 4 is 27.8 Å². The molecule has 4 rings (SSSR count). The van der Waals surface area contributed by atoms with Crippen molar-refractivity contribution in [1.82, 2.24) is 13.7 Å². The average molecular weight is 419 g/mol. The lowest BCUT2D eigenvalue weighted by atomic mass is 10.0. The Morgan fingerprint density at radius 1 is 1.00 bits per heavy atom. The van der Waals surface area contributed by atoms with Crippen molar-refractivity contribution in [2.45, 2.75) is 39.2 Å². The normalized spacial score (nSPS) is 11.4. The molecule has 0 aliphatic rings. The largest absolute Gasteiger partial charge is 0.480 e. The summed E-state index contributed by atoms with van der Waals surface area (Å²) in [5, 5.41) is 10.5. The van der Waals surface area contributed by atoms with Gasteiger partial charge in [0.05, 0.1) is 16.6 Å². The van der Waals surface area contributed by atoms with Crippen LogP contribution in [0.4, 0.5) is 0 Å². The number of nitrogens with zero attached hydrogens (tertiary/aromatic N) is 3. The van der Waals surface area contributed by atoms with Crippen LogP contribution in [-0.4, -0.2) is 24.8 Å². The van der Waals surface area contributed by atoms with Crippen LogP contribution in [0.2, 0.25) is 0 Å². The quantitative estimate of drug-likeness (QED) is 0.465. The summed E-state index contributed by atoms with van der Waals surface area (Å²) < 4.78 is 4.18. The summed E-state index contributed by atoms with van der Waals surface area (Å²) in [4.78, 5) is 37.8. The van der Waals surface area contributed by atoms with Crippen LogP contribution in [0.15, 0.2) is 58.3 Å². The molecule has 0 atom stereocenters. The molecule has 0 fully saturated rings. The molecular weight excluding hydrogens is 394 g/mol. The number of aryl methyl sites for hydroxylation is 2. The second-order valence-electron chi connectivity index (χ2n) is 7.85. The first-order chi connectivity index (χ1) is 14.9. The summed E-state index contributed by atoms with van der Waals surface area (Å²) in [6, 6.07) is 13.2. The highest BCUT2D eigenvalue weighted by Crippen LogP contribution is 2.25. The number of hydrogen-bond donors (Lipinski definition) is 1. The van der Waals surface area contributed by atoms with Crippen molar-refractivity contribution in [1.29, 1.82) is 0 Å². The van der Waals surface area contributed by atoms with E-state index in [4.69, 9.17) is 0 Å². The number of unbranched alkanes of at least 4 members (excludes halogenated alkanes) is 2. The lowest BCUT2D eigenvalue weighted by molar-refractivity contribution is -0.137. The van der Waals surface area contributed by atoms with Crippen LogP contribution in [0.5, 0.6) is 0 Å². The van der Waals surface area contributed by atoms with Crippen LogP contribution in [0, 0.1) is 0 Å². The van der Waals surface area contributed by atoms with Crippen LogP contribution in [0.1, 0.15) is 31.7 Å². The van der Waals surface area contributed by atoms with E-state index >= 15 is 0 Å². The first-order valence-corrected chi connectivity index (χ1v) is 10.5. The fourth-order valence-electron chi connectivity index (χ4n) is 4.15. The molecule has 0 unspecified atom stereocenters. The number of fused-ring (bicyclic) bond motifs is 2. The number of aliphatic carboxylic acids is 1. The van der Waals surface area contributed by atoms with Crippen LogP contribution < -0.4 is 11.2 Å². The maximum absolute atomic E-state index is 13.3. The fourth-order valence-corrected chi connectivity index (χ4v) is 4.15. The molecule has 0 saturated carbocycles. The number of carboxylic acid groups (broad SMARTS) is 1. The molecule has 0 aliphatic heterocycles. The van der Waals surface area contributed by atoms with E-state index in [0.717, 1.165) is 46.7 Å². The third-order valence-electron chi connectivity index (χ3n) is 5.68. The summed E-state index contributed by atoms with van der Waals surface area (Å²) >= 11 is 0. The van der Waals surface area contributed by atoms with Crippen LogP contribution >= 0.6 is 0 Å². The zero-order valence-electron chi connectivity index (χ0n) is 17.7. The Morgan fingerprint density at radius 2 is 1.77 bits per heavy atom. The molecule has 7 heteroatoms. The Kier molecular flexibility index (Phi) is 5.50. The van der Waals surface area contributed by atoms with Gasteiger partial charge < -0.3 is 9.67 Å².